The van der Waals surface area contributed by atoms with Crippen LogP contribution in [0.5, 0.6) is 0 Å². The zero-order chi connectivity index (χ0) is 38.0. The van der Waals surface area contributed by atoms with E-state index in [-0.39, 0.29) is 0 Å². The van der Waals surface area contributed by atoms with Gasteiger partial charge in [0.15, 0.2) is 0 Å². The fourth-order valence-corrected chi connectivity index (χ4v) is 5.27. The second-order valence-electron chi connectivity index (χ2n) is 11.1. The monoisotopic (exact) mass is 724 g/mol. The topological polar surface area (TPSA) is 374 Å². The molecular weight excluding hydrogens is 680 g/mol. The zero-order valence-corrected chi connectivity index (χ0v) is 26.9. The third kappa shape index (κ3) is 9.71. The number of piperidine rings is 2. The third-order valence-electron chi connectivity index (χ3n) is 7.98. The van der Waals surface area contributed by atoms with Crippen LogP contribution in [0.1, 0.15) is 0 Å². The fourth-order valence-electron chi connectivity index (χ4n) is 5.27. The van der Waals surface area contributed by atoms with Crippen LogP contribution in [0, 0.1) is 10.8 Å². The first-order valence-corrected chi connectivity index (χ1v) is 14.9. The molecule has 0 aliphatic carbocycles. The SMILES string of the molecule is CN(OC(=O)/C=C/C(=O)ON(C)C(=N)NCC(=O)N1[C@H](CO)[C@H](O)[C@H](O)[C@H](O)[C@H]1CO)C(=N)NCC(=O)N1[C@H](CO)[C@H](O)[C@H](O)[C@H](O)[C@H]1CO. The van der Waals surface area contributed by atoms with Gasteiger partial charge in [-0.25, -0.2) is 9.59 Å². The van der Waals surface area contributed by atoms with Crippen LogP contribution in [0.15, 0.2) is 12.2 Å². The van der Waals surface area contributed by atoms with Crippen molar-refractivity contribution in [2.75, 3.05) is 53.6 Å². The van der Waals surface area contributed by atoms with Crippen molar-refractivity contribution in [1.82, 2.24) is 30.6 Å². The van der Waals surface area contributed by atoms with Crippen molar-refractivity contribution in [1.29, 1.82) is 10.8 Å². The van der Waals surface area contributed by atoms with Gasteiger partial charge in [-0.05, 0) is 0 Å². The lowest BCUT2D eigenvalue weighted by Crippen LogP contribution is -2.70. The van der Waals surface area contributed by atoms with Gasteiger partial charge in [-0.15, -0.1) is 0 Å². The minimum Gasteiger partial charge on any atom is -0.394 e. The predicted octanol–water partition coefficient (Wildman–Crippen LogP) is -9.34. The van der Waals surface area contributed by atoms with E-state index in [4.69, 9.17) is 20.5 Å². The number of likely N-dealkylation sites (tertiary alicyclic amines) is 2. The van der Waals surface area contributed by atoms with Gasteiger partial charge in [-0.3, -0.25) is 20.4 Å². The molecule has 2 aliphatic heterocycles. The van der Waals surface area contributed by atoms with Crippen molar-refractivity contribution in [2.24, 2.45) is 0 Å². The Bertz CT molecular complexity index is 1130. The van der Waals surface area contributed by atoms with E-state index >= 15 is 0 Å². The van der Waals surface area contributed by atoms with Crippen LogP contribution in [0.3, 0.4) is 0 Å². The molecule has 0 bridgehead atoms. The molecule has 14 N–H and O–H groups in total. The second kappa shape index (κ2) is 18.7. The van der Waals surface area contributed by atoms with E-state index in [1.165, 1.54) is 0 Å². The predicted molar refractivity (Wildman–Crippen MR) is 162 cm³/mol. The molecular formula is C26H44N8O16. The summed E-state index contributed by atoms with van der Waals surface area (Å²) in [5, 5.41) is 120. The highest BCUT2D eigenvalue weighted by Crippen LogP contribution is 2.26. The summed E-state index contributed by atoms with van der Waals surface area (Å²) in [4.78, 5) is 61.0. The van der Waals surface area contributed by atoms with Crippen molar-refractivity contribution < 1.29 is 79.9 Å². The van der Waals surface area contributed by atoms with Gasteiger partial charge in [0.05, 0.1) is 63.7 Å². The number of hydrogen-bond donors (Lipinski definition) is 14. The lowest BCUT2D eigenvalue weighted by molar-refractivity contribution is -0.187. The van der Waals surface area contributed by atoms with E-state index in [0.29, 0.717) is 22.3 Å². The van der Waals surface area contributed by atoms with Gasteiger partial charge in [0.1, 0.15) is 36.6 Å². The molecule has 24 nitrogen and oxygen atoms in total. The molecule has 0 spiro atoms. The number of aliphatic hydroxyl groups is 10. The van der Waals surface area contributed by atoms with Gasteiger partial charge in [0.25, 0.3) is 0 Å². The number of carbonyl (C=O) groups is 4. The molecule has 0 aromatic carbocycles. The van der Waals surface area contributed by atoms with Gasteiger partial charge >= 0.3 is 11.9 Å². The molecule has 0 saturated carbocycles. The average molecular weight is 725 g/mol. The van der Waals surface area contributed by atoms with Gasteiger partial charge in [-0.2, -0.15) is 10.1 Å². The average Bonchev–Trinajstić information content (AvgIpc) is 3.09. The summed E-state index contributed by atoms with van der Waals surface area (Å²) in [5.41, 5.74) is 0. The number of nitrogens with one attached hydrogen (secondary N) is 4. The minimum atomic E-state index is -1.76. The fraction of sp³-hybridized carbons (Fsp3) is 0.692. The van der Waals surface area contributed by atoms with Crippen molar-refractivity contribution in [3.05, 3.63) is 12.2 Å². The molecule has 2 amide bonds. The van der Waals surface area contributed by atoms with Crippen molar-refractivity contribution >= 4 is 35.7 Å². The Morgan fingerprint density at radius 1 is 0.580 bits per heavy atom. The number of guanidine groups is 2. The molecule has 2 fully saturated rings. The van der Waals surface area contributed by atoms with Crippen LogP contribution >= 0.6 is 0 Å². The highest BCUT2D eigenvalue weighted by Gasteiger charge is 2.50. The van der Waals surface area contributed by atoms with Crippen molar-refractivity contribution in [2.45, 2.75) is 60.8 Å². The number of carbonyl (C=O) groups excluding carboxylic acids is 4. The van der Waals surface area contributed by atoms with Crippen molar-refractivity contribution in [3.63, 3.8) is 0 Å². The Hall–Kier alpha value is -4.24. The van der Waals surface area contributed by atoms with Gasteiger partial charge in [0.2, 0.25) is 23.7 Å². The lowest BCUT2D eigenvalue weighted by atomic mass is 9.88. The molecule has 10 atom stereocenters. The first kappa shape index (κ1) is 41.9. The van der Waals surface area contributed by atoms with E-state index in [1.807, 2.05) is 0 Å². The first-order chi connectivity index (χ1) is 23.5. The normalized spacial score (nSPS) is 29.6. The summed E-state index contributed by atoms with van der Waals surface area (Å²) in [5.74, 6) is -5.60. The maximum Gasteiger partial charge on any atom is 0.356 e. The Morgan fingerprint density at radius 3 is 1.08 bits per heavy atom. The molecule has 2 heterocycles. The number of nitrogens with zero attached hydrogens (tertiary/aromatic N) is 4. The standard InChI is InChI=1S/C26H44N8O16/c1-31(25(27)29-5-15(39)33-11(7-35)19(43)23(47)20(44)12(33)8-36)49-17(41)3-4-18(42)50-32(2)26(28)30-6-16(40)34-13(9-37)21(45)24(48)22(46)14(34)10-38/h3-4,11-14,19-24,35-38,43-48H,5-10H2,1-2H3,(H2,27,29)(H2,28,30)/b4-3+/t11-,12-,13-,14-,19-,20+,21-,22+,23-,24-/m1/s1. The molecule has 284 valence electrons. The van der Waals surface area contributed by atoms with Gasteiger partial charge in [-0.1, -0.05) is 0 Å². The Balaban J connectivity index is 1.85. The number of aliphatic hydroxyl groups excluding tert-OH is 10. The number of rotatable bonds is 10. The summed E-state index contributed by atoms with van der Waals surface area (Å²) in [7, 11) is 2.14. The van der Waals surface area contributed by atoms with Crippen LogP contribution in [-0.4, -0.2) is 221 Å². The van der Waals surface area contributed by atoms with E-state index < -0.39 is 136 Å². The number of amides is 2. The third-order valence-corrected chi connectivity index (χ3v) is 7.98. The number of hydrogen-bond acceptors (Lipinski definition) is 18. The molecule has 0 aromatic heterocycles. The molecule has 2 saturated heterocycles. The van der Waals surface area contributed by atoms with E-state index in [1.54, 1.807) is 0 Å². The Kier molecular flexibility index (Phi) is 15.7. The smallest absolute Gasteiger partial charge is 0.356 e. The minimum absolute atomic E-state index is 0.550. The maximum absolute atomic E-state index is 12.8. The zero-order valence-electron chi connectivity index (χ0n) is 26.9. The van der Waals surface area contributed by atoms with Crippen LogP contribution in [0.25, 0.3) is 0 Å². The molecule has 0 radical (unpaired) electrons. The quantitative estimate of drug-likeness (QED) is 0.0430. The molecule has 2 rings (SSSR count). The first-order valence-electron chi connectivity index (χ1n) is 14.9. The van der Waals surface area contributed by atoms with Gasteiger partial charge < -0.3 is 81.2 Å². The lowest BCUT2D eigenvalue weighted by Gasteiger charge is -2.48. The molecule has 50 heavy (non-hydrogen) atoms. The molecule has 0 aromatic rings. The van der Waals surface area contributed by atoms with Crippen LogP contribution in [0.4, 0.5) is 0 Å². The van der Waals surface area contributed by atoms with Crippen molar-refractivity contribution in [3.8, 4) is 0 Å². The van der Waals surface area contributed by atoms with E-state index in [2.05, 4.69) is 10.6 Å². The highest BCUT2D eigenvalue weighted by molar-refractivity contribution is 5.93. The summed E-state index contributed by atoms with van der Waals surface area (Å²) in [6.07, 6.45) is -9.34. The maximum atomic E-state index is 12.8. The summed E-state index contributed by atoms with van der Waals surface area (Å²) in [6, 6.07) is -5.57. The summed E-state index contributed by atoms with van der Waals surface area (Å²) >= 11 is 0. The van der Waals surface area contributed by atoms with Gasteiger partial charge in [0, 0.05) is 26.2 Å². The molecule has 24 heteroatoms. The summed E-state index contributed by atoms with van der Waals surface area (Å²) < 4.78 is 0. The van der Waals surface area contributed by atoms with E-state index in [9.17, 15) is 70.2 Å². The van der Waals surface area contributed by atoms with Crippen LogP contribution < -0.4 is 10.6 Å². The largest absolute Gasteiger partial charge is 0.394 e. The summed E-state index contributed by atoms with van der Waals surface area (Å²) in [6.45, 7) is -4.74. The Labute approximate surface area is 283 Å². The highest BCUT2D eigenvalue weighted by atomic mass is 16.7. The van der Waals surface area contributed by atoms with Crippen LogP contribution in [0.2, 0.25) is 0 Å². The van der Waals surface area contributed by atoms with E-state index in [0.717, 1.165) is 23.9 Å². The molecule has 0 unspecified atom stereocenters. The Morgan fingerprint density at radius 2 is 0.840 bits per heavy atom. The molecule has 2 aliphatic rings. The second-order valence-corrected chi connectivity index (χ2v) is 11.1. The van der Waals surface area contributed by atoms with Crippen LogP contribution in [-0.2, 0) is 28.9 Å². The number of hydroxylamine groups is 4.